The molecule has 3 unspecified atom stereocenters. The van der Waals surface area contributed by atoms with Gasteiger partial charge in [0.1, 0.15) is 0 Å². The van der Waals surface area contributed by atoms with Crippen molar-refractivity contribution in [1.82, 2.24) is 4.90 Å². The molecule has 0 aromatic heterocycles. The molecule has 0 aromatic rings. The molecule has 1 N–H and O–H groups in total. The fourth-order valence-corrected chi connectivity index (χ4v) is 3.72. The Bertz CT molecular complexity index is 355. The second-order valence-corrected chi connectivity index (χ2v) is 6.25. The summed E-state index contributed by atoms with van der Waals surface area (Å²) in [6.45, 7) is 1.69. The van der Waals surface area contributed by atoms with Crippen molar-refractivity contribution >= 4 is 5.97 Å². The molecule has 3 aliphatic rings. The monoisotopic (exact) mass is 269 g/mol. The van der Waals surface area contributed by atoms with Gasteiger partial charge in [0.05, 0.1) is 24.7 Å². The number of ether oxygens (including phenoxy) is 2. The minimum absolute atomic E-state index is 0.0118. The number of nitrogens with zero attached hydrogens (tertiary/aromatic N) is 1. The van der Waals surface area contributed by atoms with Gasteiger partial charge in [0.2, 0.25) is 0 Å². The number of carboxylic acid groups (broad SMARTS) is 1. The van der Waals surface area contributed by atoms with E-state index in [1.54, 1.807) is 0 Å². The van der Waals surface area contributed by atoms with Gasteiger partial charge in [-0.25, -0.2) is 0 Å². The fraction of sp³-hybridized carbons (Fsp3) is 0.929. The molecule has 0 amide bonds. The molecular formula is C14H23NO4. The summed E-state index contributed by atoms with van der Waals surface area (Å²) in [5.41, 5.74) is 0.107. The molecule has 19 heavy (non-hydrogen) atoms. The molecule has 108 valence electrons. The number of hydrogen-bond acceptors (Lipinski definition) is 4. The molecular weight excluding hydrogens is 246 g/mol. The van der Waals surface area contributed by atoms with Crippen LogP contribution in [-0.4, -0.2) is 60.5 Å². The standard InChI is InChI=1S/C14H23NO4/c1-15(12-9-18-8-11(12)13(16)17)10-3-6-19-14(7-10)4-2-5-14/h10-12H,2-9H2,1H3,(H,16,17). The first-order valence-corrected chi connectivity index (χ1v) is 7.28. The number of carboxylic acids is 1. The molecule has 1 aliphatic carbocycles. The van der Waals surface area contributed by atoms with Gasteiger partial charge in [-0.3, -0.25) is 9.69 Å². The smallest absolute Gasteiger partial charge is 0.310 e. The first kappa shape index (κ1) is 13.3. The van der Waals surface area contributed by atoms with Crippen molar-refractivity contribution in [2.75, 3.05) is 26.9 Å². The first-order valence-electron chi connectivity index (χ1n) is 7.28. The molecule has 0 aromatic carbocycles. The molecule has 3 atom stereocenters. The van der Waals surface area contributed by atoms with Crippen LogP contribution < -0.4 is 0 Å². The van der Waals surface area contributed by atoms with Gasteiger partial charge in [0.25, 0.3) is 0 Å². The third-order valence-electron chi connectivity index (χ3n) is 5.20. The highest BCUT2D eigenvalue weighted by atomic mass is 16.5. The van der Waals surface area contributed by atoms with E-state index in [-0.39, 0.29) is 17.6 Å². The molecule has 5 nitrogen and oxygen atoms in total. The minimum Gasteiger partial charge on any atom is -0.481 e. The van der Waals surface area contributed by atoms with Crippen molar-refractivity contribution in [2.24, 2.45) is 5.92 Å². The predicted molar refractivity (Wildman–Crippen MR) is 69.1 cm³/mol. The summed E-state index contributed by atoms with van der Waals surface area (Å²) in [5, 5.41) is 9.26. The molecule has 3 rings (SSSR count). The Morgan fingerprint density at radius 3 is 2.79 bits per heavy atom. The van der Waals surface area contributed by atoms with Crippen molar-refractivity contribution in [1.29, 1.82) is 0 Å². The average Bonchev–Trinajstić information content (AvgIpc) is 2.85. The van der Waals surface area contributed by atoms with Gasteiger partial charge in [-0.15, -0.1) is 0 Å². The molecule has 2 saturated heterocycles. The van der Waals surface area contributed by atoms with E-state index in [4.69, 9.17) is 9.47 Å². The maximum atomic E-state index is 11.3. The zero-order valence-electron chi connectivity index (χ0n) is 11.5. The van der Waals surface area contributed by atoms with Gasteiger partial charge in [0, 0.05) is 18.7 Å². The average molecular weight is 269 g/mol. The Kier molecular flexibility index (Phi) is 3.53. The van der Waals surface area contributed by atoms with E-state index in [2.05, 4.69) is 11.9 Å². The Labute approximate surface area is 113 Å². The predicted octanol–water partition coefficient (Wildman–Crippen LogP) is 1.12. The zero-order chi connectivity index (χ0) is 13.5. The van der Waals surface area contributed by atoms with E-state index in [0.717, 1.165) is 19.4 Å². The maximum Gasteiger partial charge on any atom is 0.310 e. The van der Waals surface area contributed by atoms with Gasteiger partial charge >= 0.3 is 5.97 Å². The second kappa shape index (κ2) is 5.04. The highest BCUT2D eigenvalue weighted by Crippen LogP contribution is 2.43. The van der Waals surface area contributed by atoms with Crippen LogP contribution in [-0.2, 0) is 14.3 Å². The quantitative estimate of drug-likeness (QED) is 0.832. The summed E-state index contributed by atoms with van der Waals surface area (Å²) in [6, 6.07) is 0.445. The van der Waals surface area contributed by atoms with Gasteiger partial charge in [-0.1, -0.05) is 0 Å². The molecule has 2 heterocycles. The Hall–Kier alpha value is -0.650. The SMILES string of the molecule is CN(C1CCOC2(CCC2)C1)C1COCC1C(=O)O. The van der Waals surface area contributed by atoms with E-state index in [0.29, 0.717) is 19.3 Å². The minimum atomic E-state index is -0.736. The van der Waals surface area contributed by atoms with Crippen LogP contribution in [0.1, 0.15) is 32.1 Å². The van der Waals surface area contributed by atoms with E-state index >= 15 is 0 Å². The fourth-order valence-electron chi connectivity index (χ4n) is 3.72. The van der Waals surface area contributed by atoms with E-state index in [9.17, 15) is 9.90 Å². The third-order valence-corrected chi connectivity index (χ3v) is 5.20. The van der Waals surface area contributed by atoms with Crippen LogP contribution in [0, 0.1) is 5.92 Å². The normalized spacial score (nSPS) is 37.5. The summed E-state index contributed by atoms with van der Waals surface area (Å²) in [7, 11) is 2.05. The lowest BCUT2D eigenvalue weighted by molar-refractivity contribution is -0.153. The van der Waals surface area contributed by atoms with Gasteiger partial charge in [-0.2, -0.15) is 0 Å². The number of aliphatic carboxylic acids is 1. The highest BCUT2D eigenvalue weighted by molar-refractivity contribution is 5.71. The summed E-state index contributed by atoms with van der Waals surface area (Å²) >= 11 is 0. The summed E-state index contributed by atoms with van der Waals surface area (Å²) in [4.78, 5) is 13.5. The van der Waals surface area contributed by atoms with Crippen LogP contribution in [0.2, 0.25) is 0 Å². The van der Waals surface area contributed by atoms with Gasteiger partial charge < -0.3 is 14.6 Å². The number of likely N-dealkylation sites (N-methyl/N-ethyl adjacent to an activating group) is 1. The lowest BCUT2D eigenvalue weighted by atomic mass is 9.73. The van der Waals surface area contributed by atoms with E-state index in [1.807, 2.05) is 0 Å². The third kappa shape index (κ3) is 2.39. The number of rotatable bonds is 3. The number of hydrogen-bond donors (Lipinski definition) is 1. The lowest BCUT2D eigenvalue weighted by Gasteiger charge is -2.50. The van der Waals surface area contributed by atoms with Crippen LogP contribution in [0.4, 0.5) is 0 Å². The van der Waals surface area contributed by atoms with Crippen molar-refractivity contribution in [3.05, 3.63) is 0 Å². The summed E-state index contributed by atoms with van der Waals surface area (Å²) in [6.07, 6.45) is 5.65. The van der Waals surface area contributed by atoms with Crippen LogP contribution in [0.25, 0.3) is 0 Å². The lowest BCUT2D eigenvalue weighted by Crippen LogP contribution is -2.55. The van der Waals surface area contributed by atoms with Crippen molar-refractivity contribution in [3.8, 4) is 0 Å². The molecule has 0 radical (unpaired) electrons. The van der Waals surface area contributed by atoms with Crippen LogP contribution in [0.3, 0.4) is 0 Å². The second-order valence-electron chi connectivity index (χ2n) is 6.25. The van der Waals surface area contributed by atoms with Crippen molar-refractivity contribution < 1.29 is 19.4 Å². The first-order chi connectivity index (χ1) is 9.11. The topological polar surface area (TPSA) is 59.0 Å². The Balaban J connectivity index is 1.65. The van der Waals surface area contributed by atoms with Gasteiger partial charge in [-0.05, 0) is 39.2 Å². The molecule has 0 bridgehead atoms. The van der Waals surface area contributed by atoms with Crippen LogP contribution >= 0.6 is 0 Å². The number of carbonyl (C=O) groups is 1. The van der Waals surface area contributed by atoms with Crippen molar-refractivity contribution in [3.63, 3.8) is 0 Å². The van der Waals surface area contributed by atoms with Gasteiger partial charge in [0.15, 0.2) is 0 Å². The van der Waals surface area contributed by atoms with Crippen LogP contribution in [0.5, 0.6) is 0 Å². The summed E-state index contributed by atoms with van der Waals surface area (Å²) in [5.74, 6) is -1.12. The van der Waals surface area contributed by atoms with E-state index < -0.39 is 5.97 Å². The Morgan fingerprint density at radius 1 is 1.37 bits per heavy atom. The van der Waals surface area contributed by atoms with Crippen molar-refractivity contribution in [2.45, 2.75) is 49.8 Å². The zero-order valence-corrected chi connectivity index (χ0v) is 11.5. The molecule has 1 saturated carbocycles. The maximum absolute atomic E-state index is 11.3. The van der Waals surface area contributed by atoms with Crippen LogP contribution in [0.15, 0.2) is 0 Å². The van der Waals surface area contributed by atoms with E-state index in [1.165, 1.54) is 19.3 Å². The molecule has 3 fully saturated rings. The summed E-state index contributed by atoms with van der Waals surface area (Å²) < 4.78 is 11.3. The largest absolute Gasteiger partial charge is 0.481 e. The highest BCUT2D eigenvalue weighted by Gasteiger charge is 2.46. The molecule has 2 aliphatic heterocycles. The molecule has 1 spiro atoms. The Morgan fingerprint density at radius 2 is 2.16 bits per heavy atom. The molecule has 5 heteroatoms.